The van der Waals surface area contributed by atoms with Gasteiger partial charge in [-0.25, -0.2) is 0 Å². The lowest BCUT2D eigenvalue weighted by Gasteiger charge is -2.11. The van der Waals surface area contributed by atoms with Gasteiger partial charge in [-0.15, -0.1) is 0 Å². The summed E-state index contributed by atoms with van der Waals surface area (Å²) in [6, 6.07) is 0. The molecule has 0 aliphatic carbocycles. The van der Waals surface area contributed by atoms with Gasteiger partial charge in [0.05, 0.1) is 19.1 Å². The molecule has 0 bridgehead atoms. The second kappa shape index (κ2) is 12.9. The summed E-state index contributed by atoms with van der Waals surface area (Å²) in [6.45, 7) is 7.98. The van der Waals surface area contributed by atoms with Crippen LogP contribution in [-0.2, 0) is 28.5 Å². The van der Waals surface area contributed by atoms with Gasteiger partial charge in [0.2, 0.25) is 0 Å². The molecular formula is C14H26O6. The summed E-state index contributed by atoms with van der Waals surface area (Å²) in [7, 11) is 0. The molecule has 118 valence electrons. The Morgan fingerprint density at radius 1 is 0.900 bits per heavy atom. The smallest absolute Gasteiger partial charge is 0.308 e. The Labute approximate surface area is 120 Å². The molecule has 6 nitrogen and oxygen atoms in total. The quantitative estimate of drug-likeness (QED) is 0.401. The molecule has 0 saturated heterocycles. The molecule has 0 spiro atoms. The Hall–Kier alpha value is -1.14. The van der Waals surface area contributed by atoms with Crippen molar-refractivity contribution in [3.8, 4) is 0 Å². The molecule has 0 aromatic carbocycles. The number of rotatable bonds is 12. The van der Waals surface area contributed by atoms with Crippen LogP contribution in [0.2, 0.25) is 0 Å². The summed E-state index contributed by atoms with van der Waals surface area (Å²) >= 11 is 0. The van der Waals surface area contributed by atoms with E-state index in [1.165, 1.54) is 0 Å². The van der Waals surface area contributed by atoms with Gasteiger partial charge >= 0.3 is 11.9 Å². The molecule has 0 saturated carbocycles. The van der Waals surface area contributed by atoms with Gasteiger partial charge in [-0.1, -0.05) is 6.92 Å². The first kappa shape index (κ1) is 18.9. The topological polar surface area (TPSA) is 71.1 Å². The molecule has 20 heavy (non-hydrogen) atoms. The number of esters is 2. The first-order valence-electron chi connectivity index (χ1n) is 7.09. The highest BCUT2D eigenvalue weighted by Crippen LogP contribution is 2.08. The third-order valence-electron chi connectivity index (χ3n) is 2.55. The Kier molecular flexibility index (Phi) is 12.1. The van der Waals surface area contributed by atoms with Gasteiger partial charge in [-0.3, -0.25) is 9.59 Å². The average molecular weight is 290 g/mol. The van der Waals surface area contributed by atoms with Crippen molar-refractivity contribution < 1.29 is 28.5 Å². The fourth-order valence-electron chi connectivity index (χ4n) is 1.37. The van der Waals surface area contributed by atoms with E-state index in [0.29, 0.717) is 32.8 Å². The first-order valence-corrected chi connectivity index (χ1v) is 7.09. The molecule has 6 heteroatoms. The molecule has 0 fully saturated rings. The van der Waals surface area contributed by atoms with Crippen LogP contribution >= 0.6 is 0 Å². The Morgan fingerprint density at radius 2 is 1.45 bits per heavy atom. The summed E-state index contributed by atoms with van der Waals surface area (Å²) in [6.07, 6.45) is 0.620. The van der Waals surface area contributed by atoms with Crippen molar-refractivity contribution in [3.63, 3.8) is 0 Å². The highest BCUT2D eigenvalue weighted by Gasteiger charge is 2.16. The lowest BCUT2D eigenvalue weighted by atomic mass is 10.1. The van der Waals surface area contributed by atoms with Gasteiger partial charge in [0.1, 0.15) is 13.2 Å². The van der Waals surface area contributed by atoms with E-state index in [2.05, 4.69) is 0 Å². The summed E-state index contributed by atoms with van der Waals surface area (Å²) in [5, 5.41) is 0. The molecule has 0 aliphatic rings. The van der Waals surface area contributed by atoms with Crippen molar-refractivity contribution in [2.24, 2.45) is 5.92 Å². The van der Waals surface area contributed by atoms with Crippen LogP contribution < -0.4 is 0 Å². The first-order chi connectivity index (χ1) is 9.61. The Bertz CT molecular complexity index is 266. The van der Waals surface area contributed by atoms with Crippen molar-refractivity contribution in [2.75, 3.05) is 39.6 Å². The number of carbonyl (C=O) groups excluding carboxylic acids is 2. The summed E-state index contributed by atoms with van der Waals surface area (Å²) < 4.78 is 20.1. The Balaban J connectivity index is 3.61. The standard InChI is InChI=1S/C14H26O6/c1-4-17-8-10-19-13(15)7-6-12(3)14(16)20-11-9-18-5-2/h12H,4-11H2,1-3H3. The van der Waals surface area contributed by atoms with E-state index in [1.54, 1.807) is 6.92 Å². The van der Waals surface area contributed by atoms with Gasteiger partial charge in [-0.05, 0) is 20.3 Å². The predicted molar refractivity (Wildman–Crippen MR) is 73.3 cm³/mol. The maximum Gasteiger partial charge on any atom is 0.308 e. The minimum atomic E-state index is -0.323. The normalized spacial score (nSPS) is 11.9. The van der Waals surface area contributed by atoms with Crippen LogP contribution in [0.4, 0.5) is 0 Å². The third kappa shape index (κ3) is 10.8. The number of hydrogen-bond acceptors (Lipinski definition) is 6. The van der Waals surface area contributed by atoms with Gasteiger partial charge in [0.15, 0.2) is 0 Å². The fourth-order valence-corrected chi connectivity index (χ4v) is 1.37. The van der Waals surface area contributed by atoms with E-state index in [0.717, 1.165) is 0 Å². The zero-order valence-electron chi connectivity index (χ0n) is 12.7. The molecule has 0 aliphatic heterocycles. The molecule has 0 amide bonds. The molecule has 0 aromatic rings. The van der Waals surface area contributed by atoms with E-state index in [-0.39, 0.29) is 37.5 Å². The monoisotopic (exact) mass is 290 g/mol. The SMILES string of the molecule is CCOCCOC(=O)CCC(C)C(=O)OCCOCC. The van der Waals surface area contributed by atoms with E-state index in [1.807, 2.05) is 13.8 Å². The lowest BCUT2D eigenvalue weighted by molar-refractivity contribution is -0.150. The van der Waals surface area contributed by atoms with Crippen LogP contribution in [0.3, 0.4) is 0 Å². The highest BCUT2D eigenvalue weighted by molar-refractivity contribution is 5.74. The zero-order chi connectivity index (χ0) is 15.2. The zero-order valence-corrected chi connectivity index (χ0v) is 12.7. The Morgan fingerprint density at radius 3 is 2.00 bits per heavy atom. The van der Waals surface area contributed by atoms with Crippen molar-refractivity contribution in [2.45, 2.75) is 33.6 Å². The number of carbonyl (C=O) groups is 2. The molecular weight excluding hydrogens is 264 g/mol. The van der Waals surface area contributed by atoms with E-state index in [4.69, 9.17) is 18.9 Å². The van der Waals surface area contributed by atoms with Gasteiger partial charge in [-0.2, -0.15) is 0 Å². The van der Waals surface area contributed by atoms with Crippen LogP contribution in [0, 0.1) is 5.92 Å². The molecule has 1 unspecified atom stereocenters. The van der Waals surface area contributed by atoms with E-state index in [9.17, 15) is 9.59 Å². The van der Waals surface area contributed by atoms with Crippen LogP contribution in [-0.4, -0.2) is 51.6 Å². The minimum absolute atomic E-state index is 0.202. The van der Waals surface area contributed by atoms with Crippen LogP contribution in [0.5, 0.6) is 0 Å². The molecule has 1 atom stereocenters. The maximum absolute atomic E-state index is 11.6. The minimum Gasteiger partial charge on any atom is -0.463 e. The average Bonchev–Trinajstić information content (AvgIpc) is 2.45. The molecule has 0 aromatic heterocycles. The molecule has 0 N–H and O–H groups in total. The van der Waals surface area contributed by atoms with E-state index >= 15 is 0 Å². The molecule has 0 rings (SSSR count). The van der Waals surface area contributed by atoms with Crippen molar-refractivity contribution in [1.82, 2.24) is 0 Å². The van der Waals surface area contributed by atoms with Crippen molar-refractivity contribution in [1.29, 1.82) is 0 Å². The summed E-state index contributed by atoms with van der Waals surface area (Å²) in [4.78, 5) is 23.0. The molecule has 0 radical (unpaired) electrons. The van der Waals surface area contributed by atoms with Crippen LogP contribution in [0.1, 0.15) is 33.6 Å². The largest absolute Gasteiger partial charge is 0.463 e. The summed E-state index contributed by atoms with van der Waals surface area (Å²) in [5.74, 6) is -0.957. The van der Waals surface area contributed by atoms with E-state index < -0.39 is 0 Å². The van der Waals surface area contributed by atoms with Gasteiger partial charge < -0.3 is 18.9 Å². The number of hydrogen-bond donors (Lipinski definition) is 0. The second-order valence-corrected chi connectivity index (χ2v) is 4.22. The highest BCUT2D eigenvalue weighted by atomic mass is 16.6. The van der Waals surface area contributed by atoms with Crippen molar-refractivity contribution >= 4 is 11.9 Å². The fraction of sp³-hybridized carbons (Fsp3) is 0.857. The van der Waals surface area contributed by atoms with Crippen molar-refractivity contribution in [3.05, 3.63) is 0 Å². The summed E-state index contributed by atoms with van der Waals surface area (Å²) in [5.41, 5.74) is 0. The second-order valence-electron chi connectivity index (χ2n) is 4.22. The lowest BCUT2D eigenvalue weighted by Crippen LogP contribution is -2.19. The van der Waals surface area contributed by atoms with Gasteiger partial charge in [0.25, 0.3) is 0 Å². The van der Waals surface area contributed by atoms with Gasteiger partial charge in [0, 0.05) is 19.6 Å². The maximum atomic E-state index is 11.6. The third-order valence-corrected chi connectivity index (χ3v) is 2.55. The predicted octanol–water partition coefficient (Wildman–Crippen LogP) is 1.56. The van der Waals surface area contributed by atoms with Crippen LogP contribution in [0.25, 0.3) is 0 Å². The molecule has 0 heterocycles. The number of ether oxygens (including phenoxy) is 4. The van der Waals surface area contributed by atoms with Crippen LogP contribution in [0.15, 0.2) is 0 Å².